The van der Waals surface area contributed by atoms with Crippen molar-refractivity contribution in [3.8, 4) is 10.6 Å². The number of anilines is 1. The van der Waals surface area contributed by atoms with Crippen molar-refractivity contribution in [3.63, 3.8) is 0 Å². The number of nitrogens with zero attached hydrogens (tertiary/aromatic N) is 3. The average Bonchev–Trinajstić information content (AvgIpc) is 2.93. The minimum atomic E-state index is 0.331. The van der Waals surface area contributed by atoms with Gasteiger partial charge in [0, 0.05) is 24.8 Å². The number of rotatable bonds is 2. The number of nitrogens with two attached hydrogens (primary N) is 1. The van der Waals surface area contributed by atoms with Gasteiger partial charge < -0.3 is 10.6 Å². The molecule has 4 nitrogen and oxygen atoms in total. The zero-order valence-corrected chi connectivity index (χ0v) is 11.9. The lowest BCUT2D eigenvalue weighted by molar-refractivity contribution is 0.495. The van der Waals surface area contributed by atoms with Crippen molar-refractivity contribution >= 4 is 17.3 Å². The van der Waals surface area contributed by atoms with Crippen LogP contribution in [0.4, 0.5) is 5.95 Å². The summed E-state index contributed by atoms with van der Waals surface area (Å²) in [6.45, 7) is 3.93. The first-order valence-electron chi connectivity index (χ1n) is 6.62. The van der Waals surface area contributed by atoms with Gasteiger partial charge in [0.25, 0.3) is 0 Å². The fraction of sp³-hybridized carbons (Fsp3) is 0.429. The van der Waals surface area contributed by atoms with E-state index in [1.54, 1.807) is 11.3 Å². The van der Waals surface area contributed by atoms with Gasteiger partial charge in [-0.2, -0.15) is 0 Å². The van der Waals surface area contributed by atoms with Crippen LogP contribution in [0.25, 0.3) is 10.6 Å². The maximum atomic E-state index is 5.95. The molecule has 0 spiro atoms. The first-order valence-corrected chi connectivity index (χ1v) is 7.50. The number of thiophene rings is 1. The Kier molecular flexibility index (Phi) is 3.48. The molecule has 1 aliphatic heterocycles. The number of aromatic nitrogens is 2. The summed E-state index contributed by atoms with van der Waals surface area (Å²) in [7, 11) is 0. The van der Waals surface area contributed by atoms with E-state index in [1.807, 2.05) is 13.0 Å². The minimum absolute atomic E-state index is 0.331. The van der Waals surface area contributed by atoms with Gasteiger partial charge in [-0.1, -0.05) is 6.07 Å². The number of hydrogen-bond donors (Lipinski definition) is 1. The van der Waals surface area contributed by atoms with Gasteiger partial charge in [-0.3, -0.25) is 0 Å². The molecule has 0 atom stereocenters. The molecule has 0 amide bonds. The van der Waals surface area contributed by atoms with Gasteiger partial charge in [-0.05, 0) is 37.3 Å². The van der Waals surface area contributed by atoms with E-state index in [-0.39, 0.29) is 0 Å². The predicted octanol–water partition coefficient (Wildman–Crippen LogP) is 2.44. The van der Waals surface area contributed by atoms with Crippen molar-refractivity contribution in [1.82, 2.24) is 9.97 Å². The molecular weight excluding hydrogens is 256 g/mol. The van der Waals surface area contributed by atoms with Crippen LogP contribution in [0.1, 0.15) is 18.5 Å². The van der Waals surface area contributed by atoms with Crippen LogP contribution < -0.4 is 10.6 Å². The SMILES string of the molecule is Cc1cc(-c2cccs2)nc(N2CCC(N)CC2)n1. The molecule has 19 heavy (non-hydrogen) atoms. The van der Waals surface area contributed by atoms with Crippen LogP contribution in [-0.2, 0) is 0 Å². The van der Waals surface area contributed by atoms with E-state index >= 15 is 0 Å². The molecule has 0 saturated carbocycles. The number of piperidine rings is 1. The van der Waals surface area contributed by atoms with E-state index in [0.29, 0.717) is 6.04 Å². The summed E-state index contributed by atoms with van der Waals surface area (Å²) in [5.74, 6) is 0.843. The van der Waals surface area contributed by atoms with Crippen molar-refractivity contribution in [3.05, 3.63) is 29.3 Å². The quantitative estimate of drug-likeness (QED) is 0.914. The molecule has 1 saturated heterocycles. The Balaban J connectivity index is 1.90. The molecule has 5 heteroatoms. The van der Waals surface area contributed by atoms with Crippen molar-refractivity contribution in [2.24, 2.45) is 5.73 Å². The highest BCUT2D eigenvalue weighted by Gasteiger charge is 2.19. The standard InChI is InChI=1S/C14H18N4S/c1-10-9-12(13-3-2-8-19-13)17-14(16-10)18-6-4-11(15)5-7-18/h2-3,8-9,11H,4-7,15H2,1H3. The third kappa shape index (κ3) is 2.77. The zero-order valence-electron chi connectivity index (χ0n) is 11.0. The highest BCUT2D eigenvalue weighted by atomic mass is 32.1. The molecule has 1 fully saturated rings. The summed E-state index contributed by atoms with van der Waals surface area (Å²) in [6.07, 6.45) is 2.04. The molecule has 0 radical (unpaired) electrons. The molecule has 0 aromatic carbocycles. The van der Waals surface area contributed by atoms with Crippen molar-refractivity contribution < 1.29 is 0 Å². The summed E-state index contributed by atoms with van der Waals surface area (Å²) in [6, 6.07) is 6.53. The van der Waals surface area contributed by atoms with Crippen LogP contribution in [-0.4, -0.2) is 29.1 Å². The molecule has 100 valence electrons. The van der Waals surface area contributed by atoms with Crippen molar-refractivity contribution in [1.29, 1.82) is 0 Å². The highest BCUT2D eigenvalue weighted by molar-refractivity contribution is 7.13. The lowest BCUT2D eigenvalue weighted by atomic mass is 10.1. The third-order valence-electron chi connectivity index (χ3n) is 3.44. The molecule has 0 aliphatic carbocycles. The van der Waals surface area contributed by atoms with Crippen LogP contribution in [0, 0.1) is 6.92 Å². The summed E-state index contributed by atoms with van der Waals surface area (Å²) in [4.78, 5) is 12.7. The van der Waals surface area contributed by atoms with Gasteiger partial charge in [0.15, 0.2) is 0 Å². The van der Waals surface area contributed by atoms with Crippen LogP contribution >= 0.6 is 11.3 Å². The molecule has 3 rings (SSSR count). The Bertz CT molecular complexity index is 545. The van der Waals surface area contributed by atoms with Crippen LogP contribution in [0.3, 0.4) is 0 Å². The fourth-order valence-corrected chi connectivity index (χ4v) is 3.03. The van der Waals surface area contributed by atoms with Gasteiger partial charge in [-0.15, -0.1) is 11.3 Å². The summed E-state index contributed by atoms with van der Waals surface area (Å²) >= 11 is 1.71. The van der Waals surface area contributed by atoms with Crippen LogP contribution in [0.2, 0.25) is 0 Å². The first-order chi connectivity index (χ1) is 9.22. The van der Waals surface area contributed by atoms with Crippen molar-refractivity contribution in [2.75, 3.05) is 18.0 Å². The lowest BCUT2D eigenvalue weighted by Gasteiger charge is -2.30. The van der Waals surface area contributed by atoms with Crippen LogP contribution in [0.5, 0.6) is 0 Å². The molecule has 2 aromatic heterocycles. The van der Waals surface area contributed by atoms with Gasteiger partial charge >= 0.3 is 0 Å². The second-order valence-corrected chi connectivity index (χ2v) is 5.94. The summed E-state index contributed by atoms with van der Waals surface area (Å²) in [5.41, 5.74) is 7.98. The molecule has 2 aromatic rings. The number of aryl methyl sites for hydroxylation is 1. The van der Waals surface area contributed by atoms with E-state index < -0.39 is 0 Å². The Morgan fingerprint density at radius 3 is 2.79 bits per heavy atom. The smallest absolute Gasteiger partial charge is 0.226 e. The predicted molar refractivity (Wildman–Crippen MR) is 79.5 cm³/mol. The lowest BCUT2D eigenvalue weighted by Crippen LogP contribution is -2.40. The van der Waals surface area contributed by atoms with E-state index in [4.69, 9.17) is 10.7 Å². The Labute approximate surface area is 117 Å². The highest BCUT2D eigenvalue weighted by Crippen LogP contribution is 2.25. The molecule has 2 N–H and O–H groups in total. The van der Waals surface area contributed by atoms with Crippen LogP contribution in [0.15, 0.2) is 23.6 Å². The van der Waals surface area contributed by atoms with E-state index in [1.165, 1.54) is 4.88 Å². The minimum Gasteiger partial charge on any atom is -0.341 e. The molecule has 0 bridgehead atoms. The van der Waals surface area contributed by atoms with E-state index in [9.17, 15) is 0 Å². The normalized spacial score (nSPS) is 16.8. The molecule has 0 unspecified atom stereocenters. The summed E-state index contributed by atoms with van der Waals surface area (Å²) < 4.78 is 0. The Hall–Kier alpha value is -1.46. The Morgan fingerprint density at radius 2 is 2.11 bits per heavy atom. The summed E-state index contributed by atoms with van der Waals surface area (Å²) in [5, 5.41) is 2.08. The maximum absolute atomic E-state index is 5.95. The monoisotopic (exact) mass is 274 g/mol. The largest absolute Gasteiger partial charge is 0.341 e. The Morgan fingerprint density at radius 1 is 1.32 bits per heavy atom. The average molecular weight is 274 g/mol. The zero-order chi connectivity index (χ0) is 13.2. The maximum Gasteiger partial charge on any atom is 0.226 e. The van der Waals surface area contributed by atoms with Gasteiger partial charge in [-0.25, -0.2) is 9.97 Å². The van der Waals surface area contributed by atoms with E-state index in [2.05, 4.69) is 27.4 Å². The number of hydrogen-bond acceptors (Lipinski definition) is 5. The fourth-order valence-electron chi connectivity index (χ4n) is 2.34. The second-order valence-electron chi connectivity index (χ2n) is 5.00. The first kappa shape index (κ1) is 12.6. The van der Waals surface area contributed by atoms with Gasteiger partial charge in [0.05, 0.1) is 10.6 Å². The molecule has 1 aliphatic rings. The van der Waals surface area contributed by atoms with Gasteiger partial charge in [0.1, 0.15) is 0 Å². The van der Waals surface area contributed by atoms with Crippen molar-refractivity contribution in [2.45, 2.75) is 25.8 Å². The second kappa shape index (κ2) is 5.27. The topological polar surface area (TPSA) is 55.0 Å². The third-order valence-corrected chi connectivity index (χ3v) is 4.33. The molecular formula is C14H18N4S. The molecule has 3 heterocycles. The van der Waals surface area contributed by atoms with Gasteiger partial charge in [0.2, 0.25) is 5.95 Å². The van der Waals surface area contributed by atoms with E-state index in [0.717, 1.165) is 43.3 Å².